The number of nitrogens with one attached hydrogen (secondary N) is 1. The van der Waals surface area contributed by atoms with Crippen LogP contribution in [-0.2, 0) is 14.3 Å². The lowest BCUT2D eigenvalue weighted by Crippen LogP contribution is -2.53. The summed E-state index contributed by atoms with van der Waals surface area (Å²) in [5.74, 6) is 1.09. The number of piperidine rings is 1. The molecule has 2 saturated carbocycles. The summed E-state index contributed by atoms with van der Waals surface area (Å²) < 4.78 is 5.20. The van der Waals surface area contributed by atoms with Crippen LogP contribution in [0.25, 0.3) is 0 Å². The molecular formula is C18H30N2O3. The number of hydrogen-bond donors (Lipinski definition) is 1. The third-order valence-electron chi connectivity index (χ3n) is 5.89. The highest BCUT2D eigenvalue weighted by Gasteiger charge is 2.46. The van der Waals surface area contributed by atoms with Gasteiger partial charge in [0, 0.05) is 33.4 Å². The third-order valence-corrected chi connectivity index (χ3v) is 5.89. The zero-order valence-electron chi connectivity index (χ0n) is 14.3. The predicted octanol–water partition coefficient (Wildman–Crippen LogP) is 1.96. The maximum absolute atomic E-state index is 13.0. The van der Waals surface area contributed by atoms with E-state index in [1.807, 2.05) is 4.90 Å². The molecule has 23 heavy (non-hydrogen) atoms. The van der Waals surface area contributed by atoms with Crippen molar-refractivity contribution in [2.24, 2.45) is 17.3 Å². The van der Waals surface area contributed by atoms with Gasteiger partial charge in [0.1, 0.15) is 0 Å². The minimum atomic E-state index is -0.206. The second-order valence-electron chi connectivity index (χ2n) is 7.66. The highest BCUT2D eigenvalue weighted by atomic mass is 16.5. The number of hydrogen-bond acceptors (Lipinski definition) is 3. The van der Waals surface area contributed by atoms with Crippen LogP contribution in [0.4, 0.5) is 0 Å². The van der Waals surface area contributed by atoms with Gasteiger partial charge in [0.25, 0.3) is 0 Å². The van der Waals surface area contributed by atoms with Crippen molar-refractivity contribution >= 4 is 11.8 Å². The average molecular weight is 322 g/mol. The summed E-state index contributed by atoms with van der Waals surface area (Å²) in [6, 6.07) is 0. The predicted molar refractivity (Wildman–Crippen MR) is 87.8 cm³/mol. The van der Waals surface area contributed by atoms with Gasteiger partial charge in [0.2, 0.25) is 11.8 Å². The van der Waals surface area contributed by atoms with E-state index in [1.54, 1.807) is 7.11 Å². The molecule has 0 bridgehead atoms. The fourth-order valence-electron chi connectivity index (χ4n) is 3.89. The molecule has 2 aliphatic carbocycles. The third kappa shape index (κ3) is 3.87. The van der Waals surface area contributed by atoms with Crippen molar-refractivity contribution in [1.82, 2.24) is 10.2 Å². The maximum Gasteiger partial charge on any atom is 0.228 e. The van der Waals surface area contributed by atoms with Crippen LogP contribution in [0.15, 0.2) is 0 Å². The van der Waals surface area contributed by atoms with Gasteiger partial charge in [0.15, 0.2) is 0 Å². The first-order valence-corrected chi connectivity index (χ1v) is 9.21. The van der Waals surface area contributed by atoms with Gasteiger partial charge in [0.05, 0.1) is 11.3 Å². The molecule has 0 aromatic heterocycles. The number of likely N-dealkylation sites (tertiary alicyclic amines) is 1. The van der Waals surface area contributed by atoms with Crippen LogP contribution in [0.3, 0.4) is 0 Å². The maximum atomic E-state index is 13.0. The lowest BCUT2D eigenvalue weighted by molar-refractivity contribution is -0.151. The second-order valence-corrected chi connectivity index (χ2v) is 7.66. The molecule has 3 aliphatic rings. The molecule has 5 nitrogen and oxygen atoms in total. The van der Waals surface area contributed by atoms with Crippen molar-refractivity contribution in [1.29, 1.82) is 0 Å². The highest BCUT2D eigenvalue weighted by molar-refractivity contribution is 5.85. The summed E-state index contributed by atoms with van der Waals surface area (Å²) in [5, 5.41) is 3.08. The molecule has 1 saturated heterocycles. The Kier molecular flexibility index (Phi) is 5.24. The van der Waals surface area contributed by atoms with Gasteiger partial charge in [-0.15, -0.1) is 0 Å². The molecule has 130 valence electrons. The SMILES string of the molecule is COCCC1(C(=O)N2CCC[C@H](C(=O)NCC3CC3)C2)CCC1. The fourth-order valence-corrected chi connectivity index (χ4v) is 3.89. The van der Waals surface area contributed by atoms with E-state index in [0.717, 1.165) is 51.6 Å². The van der Waals surface area contributed by atoms with E-state index in [1.165, 1.54) is 12.8 Å². The molecule has 1 N–H and O–H groups in total. The Labute approximate surface area is 139 Å². The summed E-state index contributed by atoms with van der Waals surface area (Å²) >= 11 is 0. The Bertz CT molecular complexity index is 444. The number of ether oxygens (including phenoxy) is 1. The zero-order chi connectivity index (χ0) is 16.3. The minimum absolute atomic E-state index is 0.0222. The van der Waals surface area contributed by atoms with Crippen LogP contribution in [-0.4, -0.2) is 50.1 Å². The van der Waals surface area contributed by atoms with Crippen LogP contribution < -0.4 is 5.32 Å². The molecule has 1 atom stereocenters. The molecule has 0 unspecified atom stereocenters. The molecule has 0 aromatic rings. The number of carbonyl (C=O) groups excluding carboxylic acids is 2. The van der Waals surface area contributed by atoms with Crippen LogP contribution in [0.5, 0.6) is 0 Å². The van der Waals surface area contributed by atoms with Gasteiger partial charge in [-0.1, -0.05) is 6.42 Å². The number of amides is 2. The van der Waals surface area contributed by atoms with Crippen molar-refractivity contribution in [2.75, 3.05) is 33.4 Å². The van der Waals surface area contributed by atoms with Crippen molar-refractivity contribution < 1.29 is 14.3 Å². The molecule has 3 rings (SSSR count). The van der Waals surface area contributed by atoms with E-state index in [9.17, 15) is 9.59 Å². The largest absolute Gasteiger partial charge is 0.385 e. The number of rotatable bonds is 7. The number of methoxy groups -OCH3 is 1. The standard InChI is InChI=1S/C18H30N2O3/c1-23-11-9-18(7-3-8-18)17(22)20-10-2-4-15(13-20)16(21)19-12-14-5-6-14/h14-15H,2-13H2,1H3,(H,19,21)/t15-/m0/s1. The first kappa shape index (κ1) is 16.7. The summed E-state index contributed by atoms with van der Waals surface area (Å²) in [6.45, 7) is 2.87. The van der Waals surface area contributed by atoms with E-state index in [4.69, 9.17) is 4.74 Å². The van der Waals surface area contributed by atoms with E-state index in [-0.39, 0.29) is 23.1 Å². The van der Waals surface area contributed by atoms with Gasteiger partial charge < -0.3 is 15.0 Å². The van der Waals surface area contributed by atoms with Gasteiger partial charge >= 0.3 is 0 Å². The molecular weight excluding hydrogens is 292 g/mol. The van der Waals surface area contributed by atoms with E-state index in [2.05, 4.69) is 5.32 Å². The van der Waals surface area contributed by atoms with Crippen molar-refractivity contribution in [3.05, 3.63) is 0 Å². The molecule has 2 amide bonds. The quantitative estimate of drug-likeness (QED) is 0.779. The molecule has 1 heterocycles. The summed E-state index contributed by atoms with van der Waals surface area (Å²) in [4.78, 5) is 27.3. The van der Waals surface area contributed by atoms with E-state index < -0.39 is 0 Å². The van der Waals surface area contributed by atoms with Gasteiger partial charge in [-0.05, 0) is 50.9 Å². The van der Waals surface area contributed by atoms with E-state index in [0.29, 0.717) is 19.1 Å². The fraction of sp³-hybridized carbons (Fsp3) is 0.889. The van der Waals surface area contributed by atoms with Crippen LogP contribution in [0.2, 0.25) is 0 Å². The molecule has 1 aliphatic heterocycles. The van der Waals surface area contributed by atoms with Crippen molar-refractivity contribution in [2.45, 2.75) is 51.4 Å². The zero-order valence-corrected chi connectivity index (χ0v) is 14.3. The van der Waals surface area contributed by atoms with Crippen molar-refractivity contribution in [3.63, 3.8) is 0 Å². The summed E-state index contributed by atoms with van der Waals surface area (Å²) in [5.41, 5.74) is -0.206. The monoisotopic (exact) mass is 322 g/mol. The smallest absolute Gasteiger partial charge is 0.228 e. The first-order chi connectivity index (χ1) is 11.1. The van der Waals surface area contributed by atoms with Gasteiger partial charge in [-0.25, -0.2) is 0 Å². The average Bonchev–Trinajstić information content (AvgIpc) is 3.36. The van der Waals surface area contributed by atoms with Crippen LogP contribution in [0, 0.1) is 17.3 Å². The van der Waals surface area contributed by atoms with Crippen molar-refractivity contribution in [3.8, 4) is 0 Å². The Morgan fingerprint density at radius 1 is 1.22 bits per heavy atom. The number of nitrogens with zero attached hydrogens (tertiary/aromatic N) is 1. The molecule has 0 aromatic carbocycles. The van der Waals surface area contributed by atoms with Crippen LogP contribution in [0.1, 0.15) is 51.4 Å². The topological polar surface area (TPSA) is 58.6 Å². The second kappa shape index (κ2) is 7.20. The first-order valence-electron chi connectivity index (χ1n) is 9.21. The van der Waals surface area contributed by atoms with Gasteiger partial charge in [-0.2, -0.15) is 0 Å². The molecule has 3 fully saturated rings. The Balaban J connectivity index is 1.54. The number of carbonyl (C=O) groups is 2. The lowest BCUT2D eigenvalue weighted by Gasteiger charge is -2.45. The summed E-state index contributed by atoms with van der Waals surface area (Å²) in [7, 11) is 1.69. The molecule has 0 radical (unpaired) electrons. The van der Waals surface area contributed by atoms with Gasteiger partial charge in [-0.3, -0.25) is 9.59 Å². The molecule has 5 heteroatoms. The Hall–Kier alpha value is -1.10. The Morgan fingerprint density at radius 3 is 2.61 bits per heavy atom. The Morgan fingerprint density at radius 2 is 2.00 bits per heavy atom. The lowest BCUT2D eigenvalue weighted by atomic mass is 9.65. The highest BCUT2D eigenvalue weighted by Crippen LogP contribution is 2.46. The summed E-state index contributed by atoms with van der Waals surface area (Å²) in [6.07, 6.45) is 8.24. The van der Waals surface area contributed by atoms with E-state index >= 15 is 0 Å². The normalized spacial score (nSPS) is 26.5. The molecule has 0 spiro atoms. The van der Waals surface area contributed by atoms with Crippen LogP contribution >= 0.6 is 0 Å². The minimum Gasteiger partial charge on any atom is -0.385 e.